The van der Waals surface area contributed by atoms with E-state index in [0.717, 1.165) is 23.3 Å². The van der Waals surface area contributed by atoms with Gasteiger partial charge in [-0.2, -0.15) is 0 Å². The Morgan fingerprint density at radius 1 is 1.13 bits per heavy atom. The number of methoxy groups -OCH3 is 1. The Morgan fingerprint density at radius 3 is 2.68 bits per heavy atom. The lowest BCUT2D eigenvalue weighted by molar-refractivity contribution is -0.119. The molecular weight excluding hydrogens is 414 g/mol. The Kier molecular flexibility index (Phi) is 6.13. The molecule has 0 radical (unpaired) electrons. The summed E-state index contributed by atoms with van der Waals surface area (Å²) in [6, 6.07) is 14.2. The number of aryl methyl sites for hydroxylation is 1. The summed E-state index contributed by atoms with van der Waals surface area (Å²) in [5.41, 5.74) is 2.65. The molecular formula is C22H23N5O3S. The average Bonchev–Trinajstić information content (AvgIpc) is 3.44. The summed E-state index contributed by atoms with van der Waals surface area (Å²) >= 11 is 1.29. The zero-order valence-electron chi connectivity index (χ0n) is 17.3. The van der Waals surface area contributed by atoms with E-state index in [0.29, 0.717) is 28.8 Å². The largest absolute Gasteiger partial charge is 0.497 e. The number of aromatic nitrogens is 2. The highest BCUT2D eigenvalue weighted by Crippen LogP contribution is 2.28. The second-order valence-electron chi connectivity index (χ2n) is 7.28. The fourth-order valence-corrected chi connectivity index (χ4v) is 4.27. The molecule has 3 amide bonds. The number of nitrogens with zero attached hydrogens (tertiary/aromatic N) is 3. The lowest BCUT2D eigenvalue weighted by Gasteiger charge is -2.23. The summed E-state index contributed by atoms with van der Waals surface area (Å²) in [5, 5.41) is 15.0. The van der Waals surface area contributed by atoms with Gasteiger partial charge in [-0.05, 0) is 61.7 Å². The van der Waals surface area contributed by atoms with Gasteiger partial charge in [-0.3, -0.25) is 10.1 Å². The van der Waals surface area contributed by atoms with Crippen molar-refractivity contribution in [3.8, 4) is 16.3 Å². The van der Waals surface area contributed by atoms with E-state index in [1.165, 1.54) is 11.3 Å². The van der Waals surface area contributed by atoms with Crippen LogP contribution in [-0.4, -0.2) is 46.7 Å². The summed E-state index contributed by atoms with van der Waals surface area (Å²) in [5.74, 6) is 0.501. The maximum absolute atomic E-state index is 12.9. The van der Waals surface area contributed by atoms with E-state index in [4.69, 9.17) is 4.74 Å². The maximum Gasteiger partial charge on any atom is 0.322 e. The van der Waals surface area contributed by atoms with Crippen LogP contribution in [0.4, 0.5) is 15.6 Å². The smallest absolute Gasteiger partial charge is 0.322 e. The molecule has 31 heavy (non-hydrogen) atoms. The minimum atomic E-state index is -0.543. The van der Waals surface area contributed by atoms with Crippen molar-refractivity contribution in [3.63, 3.8) is 0 Å². The fourth-order valence-electron chi connectivity index (χ4n) is 3.51. The summed E-state index contributed by atoms with van der Waals surface area (Å²) in [6.07, 6.45) is 1.38. The molecule has 0 bridgehead atoms. The molecule has 1 aliphatic heterocycles. The van der Waals surface area contributed by atoms with Gasteiger partial charge in [0.25, 0.3) is 0 Å². The predicted octanol–water partition coefficient (Wildman–Crippen LogP) is 4.16. The van der Waals surface area contributed by atoms with Crippen LogP contribution < -0.4 is 15.4 Å². The van der Waals surface area contributed by atoms with Crippen LogP contribution in [0.3, 0.4) is 0 Å². The van der Waals surface area contributed by atoms with E-state index < -0.39 is 6.04 Å². The monoisotopic (exact) mass is 437 g/mol. The standard InChI is InChI=1S/C22H23N5O3S/c1-14-5-3-6-16(13-14)23-22(29)27-12-4-7-18(27)19(28)24-21-26-25-20(31-21)15-8-10-17(30-2)11-9-15/h3,5-6,8-11,13,18H,4,7,12H2,1-2H3,(H,23,29)(H,24,26,28). The molecule has 1 unspecified atom stereocenters. The lowest BCUT2D eigenvalue weighted by Crippen LogP contribution is -2.45. The minimum Gasteiger partial charge on any atom is -0.497 e. The molecule has 1 fully saturated rings. The van der Waals surface area contributed by atoms with Crippen molar-refractivity contribution in [2.75, 3.05) is 24.3 Å². The van der Waals surface area contributed by atoms with Crippen molar-refractivity contribution >= 4 is 34.1 Å². The van der Waals surface area contributed by atoms with Gasteiger partial charge in [-0.1, -0.05) is 23.5 Å². The number of anilines is 2. The van der Waals surface area contributed by atoms with E-state index >= 15 is 0 Å². The molecule has 2 aromatic carbocycles. The third-order valence-electron chi connectivity index (χ3n) is 5.08. The summed E-state index contributed by atoms with van der Waals surface area (Å²) in [7, 11) is 1.61. The quantitative estimate of drug-likeness (QED) is 0.625. The first-order valence-corrected chi connectivity index (χ1v) is 10.8. The lowest BCUT2D eigenvalue weighted by atomic mass is 10.2. The number of rotatable bonds is 5. The van der Waals surface area contributed by atoms with Gasteiger partial charge in [0, 0.05) is 17.8 Å². The summed E-state index contributed by atoms with van der Waals surface area (Å²) in [6.45, 7) is 2.49. The Balaban J connectivity index is 1.40. The highest BCUT2D eigenvalue weighted by atomic mass is 32.1. The first-order chi connectivity index (χ1) is 15.0. The molecule has 1 atom stereocenters. The predicted molar refractivity (Wildman–Crippen MR) is 120 cm³/mol. The molecule has 160 valence electrons. The van der Waals surface area contributed by atoms with Gasteiger partial charge in [0.2, 0.25) is 11.0 Å². The number of urea groups is 1. The number of carbonyl (C=O) groups is 2. The van der Waals surface area contributed by atoms with Crippen LogP contribution in [0.15, 0.2) is 48.5 Å². The van der Waals surface area contributed by atoms with E-state index in [9.17, 15) is 9.59 Å². The van der Waals surface area contributed by atoms with Gasteiger partial charge >= 0.3 is 6.03 Å². The normalized spacial score (nSPS) is 15.5. The summed E-state index contributed by atoms with van der Waals surface area (Å²) in [4.78, 5) is 27.2. The average molecular weight is 438 g/mol. The Morgan fingerprint density at radius 2 is 1.94 bits per heavy atom. The topological polar surface area (TPSA) is 96.5 Å². The minimum absolute atomic E-state index is 0.255. The van der Waals surface area contributed by atoms with Crippen LogP contribution in [0, 0.1) is 6.92 Å². The van der Waals surface area contributed by atoms with Crippen molar-refractivity contribution in [1.82, 2.24) is 15.1 Å². The number of ether oxygens (including phenoxy) is 1. The van der Waals surface area contributed by atoms with Crippen molar-refractivity contribution in [2.24, 2.45) is 0 Å². The molecule has 2 N–H and O–H groups in total. The van der Waals surface area contributed by atoms with Crippen LogP contribution in [0.5, 0.6) is 5.75 Å². The third kappa shape index (κ3) is 4.83. The number of nitrogens with one attached hydrogen (secondary N) is 2. The van der Waals surface area contributed by atoms with Crippen LogP contribution in [-0.2, 0) is 4.79 Å². The number of hydrogen-bond acceptors (Lipinski definition) is 6. The fraction of sp³-hybridized carbons (Fsp3) is 0.273. The Labute approximate surface area is 184 Å². The van der Waals surface area contributed by atoms with Crippen LogP contribution in [0.2, 0.25) is 0 Å². The molecule has 8 nitrogen and oxygen atoms in total. The SMILES string of the molecule is COc1ccc(-c2nnc(NC(=O)C3CCCN3C(=O)Nc3cccc(C)c3)s2)cc1. The number of amides is 3. The maximum atomic E-state index is 12.9. The van der Waals surface area contributed by atoms with E-state index in [1.807, 2.05) is 55.5 Å². The van der Waals surface area contributed by atoms with Crippen molar-refractivity contribution < 1.29 is 14.3 Å². The Bertz CT molecular complexity index is 1080. The second kappa shape index (κ2) is 9.13. The number of hydrogen-bond donors (Lipinski definition) is 2. The molecule has 4 rings (SSSR count). The molecule has 0 aliphatic carbocycles. The second-order valence-corrected chi connectivity index (χ2v) is 8.26. The highest BCUT2D eigenvalue weighted by molar-refractivity contribution is 7.18. The van der Waals surface area contributed by atoms with Gasteiger partial charge < -0.3 is 15.0 Å². The Hall–Kier alpha value is -3.46. The molecule has 2 heterocycles. The van der Waals surface area contributed by atoms with Gasteiger partial charge in [0.15, 0.2) is 0 Å². The number of benzene rings is 2. The molecule has 0 spiro atoms. The van der Waals surface area contributed by atoms with E-state index in [1.54, 1.807) is 12.0 Å². The zero-order valence-corrected chi connectivity index (χ0v) is 18.1. The first-order valence-electron chi connectivity index (χ1n) is 9.96. The van der Waals surface area contributed by atoms with Gasteiger partial charge in [-0.25, -0.2) is 4.79 Å². The molecule has 1 saturated heterocycles. The van der Waals surface area contributed by atoms with Crippen LogP contribution in [0.25, 0.3) is 10.6 Å². The van der Waals surface area contributed by atoms with E-state index in [-0.39, 0.29) is 11.9 Å². The zero-order chi connectivity index (χ0) is 21.8. The van der Waals surface area contributed by atoms with E-state index in [2.05, 4.69) is 20.8 Å². The number of carbonyl (C=O) groups excluding carboxylic acids is 2. The van der Waals surface area contributed by atoms with Gasteiger partial charge in [0.1, 0.15) is 16.8 Å². The molecule has 0 saturated carbocycles. The molecule has 9 heteroatoms. The highest BCUT2D eigenvalue weighted by Gasteiger charge is 2.34. The molecule has 1 aromatic heterocycles. The third-order valence-corrected chi connectivity index (χ3v) is 5.97. The van der Waals surface area contributed by atoms with Gasteiger partial charge in [-0.15, -0.1) is 10.2 Å². The van der Waals surface area contributed by atoms with Crippen LogP contribution in [0.1, 0.15) is 18.4 Å². The first kappa shape index (κ1) is 20.8. The van der Waals surface area contributed by atoms with Gasteiger partial charge in [0.05, 0.1) is 7.11 Å². The molecule has 3 aromatic rings. The summed E-state index contributed by atoms with van der Waals surface area (Å²) < 4.78 is 5.17. The molecule has 1 aliphatic rings. The van der Waals surface area contributed by atoms with Crippen LogP contribution >= 0.6 is 11.3 Å². The van der Waals surface area contributed by atoms with Crippen molar-refractivity contribution in [1.29, 1.82) is 0 Å². The van der Waals surface area contributed by atoms with Crippen molar-refractivity contribution in [3.05, 3.63) is 54.1 Å². The number of likely N-dealkylation sites (tertiary alicyclic amines) is 1. The van der Waals surface area contributed by atoms with Crippen molar-refractivity contribution in [2.45, 2.75) is 25.8 Å².